The average molecular weight is 365 g/mol. The van der Waals surface area contributed by atoms with Crippen LogP contribution in [-0.4, -0.2) is 59.1 Å². The lowest BCUT2D eigenvalue weighted by Crippen LogP contribution is -2.49. The zero-order chi connectivity index (χ0) is 18.6. The maximum absolute atomic E-state index is 12.5. The molecule has 1 saturated heterocycles. The van der Waals surface area contributed by atoms with E-state index < -0.39 is 0 Å². The molecule has 0 unspecified atom stereocenters. The zero-order valence-corrected chi connectivity index (χ0v) is 15.3. The molecule has 7 heteroatoms. The molecule has 27 heavy (non-hydrogen) atoms. The quantitative estimate of drug-likeness (QED) is 0.746. The standard InChI is InChI=1S/C20H23N5O2/c1-27-16-6-4-5-15(13-16)21-20(26)25-11-9-24(10-12-25)14-19-22-17-7-2-3-8-18(17)23-19/h2-8,13H,9-12,14H2,1H3,(H,21,26)(H,22,23). The summed E-state index contributed by atoms with van der Waals surface area (Å²) in [7, 11) is 1.61. The van der Waals surface area contributed by atoms with Gasteiger partial charge in [0.15, 0.2) is 0 Å². The van der Waals surface area contributed by atoms with Gasteiger partial charge >= 0.3 is 6.03 Å². The van der Waals surface area contributed by atoms with Crippen molar-refractivity contribution in [3.8, 4) is 5.75 Å². The molecule has 1 aliphatic rings. The third kappa shape index (κ3) is 4.03. The predicted octanol–water partition coefficient (Wildman–Crippen LogP) is 2.92. The number of aromatic nitrogens is 2. The van der Waals surface area contributed by atoms with Gasteiger partial charge in [-0.1, -0.05) is 18.2 Å². The van der Waals surface area contributed by atoms with E-state index in [1.807, 2.05) is 53.4 Å². The van der Waals surface area contributed by atoms with Gasteiger partial charge < -0.3 is 19.9 Å². The Bertz CT molecular complexity index is 898. The second-order valence-corrected chi connectivity index (χ2v) is 6.63. The number of hydrogen-bond acceptors (Lipinski definition) is 4. The molecule has 4 rings (SSSR count). The summed E-state index contributed by atoms with van der Waals surface area (Å²) in [4.78, 5) is 24.6. The number of H-pyrrole nitrogens is 1. The lowest BCUT2D eigenvalue weighted by Gasteiger charge is -2.34. The maximum Gasteiger partial charge on any atom is 0.321 e. The summed E-state index contributed by atoms with van der Waals surface area (Å²) in [5, 5.41) is 2.94. The molecule has 1 fully saturated rings. The lowest BCUT2D eigenvalue weighted by molar-refractivity contribution is 0.141. The Kier molecular flexibility index (Phi) is 4.93. The van der Waals surface area contributed by atoms with Gasteiger partial charge in [0.25, 0.3) is 0 Å². The monoisotopic (exact) mass is 365 g/mol. The van der Waals surface area contributed by atoms with Gasteiger partial charge in [0.05, 0.1) is 24.7 Å². The molecule has 1 aromatic heterocycles. The number of fused-ring (bicyclic) bond motifs is 1. The number of para-hydroxylation sites is 2. The molecule has 2 aromatic carbocycles. The Labute approximate surface area is 157 Å². The smallest absolute Gasteiger partial charge is 0.321 e. The van der Waals surface area contributed by atoms with Crippen LogP contribution in [0.15, 0.2) is 48.5 Å². The summed E-state index contributed by atoms with van der Waals surface area (Å²) >= 11 is 0. The number of aromatic amines is 1. The van der Waals surface area contributed by atoms with Gasteiger partial charge in [-0.3, -0.25) is 4.90 Å². The molecular weight excluding hydrogens is 342 g/mol. The van der Waals surface area contributed by atoms with Crippen LogP contribution in [0, 0.1) is 0 Å². The number of nitrogens with zero attached hydrogens (tertiary/aromatic N) is 3. The van der Waals surface area contributed by atoms with E-state index in [9.17, 15) is 4.79 Å². The first-order chi connectivity index (χ1) is 13.2. The number of anilines is 1. The first kappa shape index (κ1) is 17.4. The highest BCUT2D eigenvalue weighted by atomic mass is 16.5. The second-order valence-electron chi connectivity index (χ2n) is 6.63. The van der Waals surface area contributed by atoms with E-state index in [0.717, 1.165) is 47.9 Å². The van der Waals surface area contributed by atoms with E-state index in [1.165, 1.54) is 0 Å². The average Bonchev–Trinajstić information content (AvgIpc) is 3.11. The molecule has 0 saturated carbocycles. The number of carbonyl (C=O) groups is 1. The van der Waals surface area contributed by atoms with Crippen LogP contribution in [0.2, 0.25) is 0 Å². The largest absolute Gasteiger partial charge is 0.497 e. The number of nitrogens with one attached hydrogen (secondary N) is 2. The third-order valence-electron chi connectivity index (χ3n) is 4.79. The Morgan fingerprint density at radius 3 is 2.74 bits per heavy atom. The topological polar surface area (TPSA) is 73.5 Å². The van der Waals surface area contributed by atoms with Crippen molar-refractivity contribution in [3.63, 3.8) is 0 Å². The summed E-state index contributed by atoms with van der Waals surface area (Å²) in [6.07, 6.45) is 0. The molecule has 0 spiro atoms. The highest BCUT2D eigenvalue weighted by Crippen LogP contribution is 2.18. The summed E-state index contributed by atoms with van der Waals surface area (Å²) in [5.41, 5.74) is 2.79. The van der Waals surface area contributed by atoms with Gasteiger partial charge in [-0.15, -0.1) is 0 Å². The van der Waals surface area contributed by atoms with Crippen molar-refractivity contribution in [1.29, 1.82) is 0 Å². The van der Waals surface area contributed by atoms with Crippen molar-refractivity contribution in [2.75, 3.05) is 38.6 Å². The number of carbonyl (C=O) groups excluding carboxylic acids is 1. The Morgan fingerprint density at radius 1 is 1.15 bits per heavy atom. The summed E-state index contributed by atoms with van der Waals surface area (Å²) in [5.74, 6) is 1.69. The van der Waals surface area contributed by atoms with Crippen LogP contribution in [0.5, 0.6) is 5.75 Å². The first-order valence-electron chi connectivity index (χ1n) is 9.07. The van der Waals surface area contributed by atoms with Gasteiger partial charge in [-0.25, -0.2) is 9.78 Å². The molecule has 0 bridgehead atoms. The van der Waals surface area contributed by atoms with Crippen LogP contribution >= 0.6 is 0 Å². The first-order valence-corrected chi connectivity index (χ1v) is 9.07. The van der Waals surface area contributed by atoms with Crippen LogP contribution in [0.3, 0.4) is 0 Å². The van der Waals surface area contributed by atoms with Crippen molar-refractivity contribution in [1.82, 2.24) is 19.8 Å². The van der Waals surface area contributed by atoms with E-state index in [4.69, 9.17) is 4.74 Å². The molecule has 2 N–H and O–H groups in total. The van der Waals surface area contributed by atoms with Crippen molar-refractivity contribution in [3.05, 3.63) is 54.4 Å². The minimum atomic E-state index is -0.0772. The lowest BCUT2D eigenvalue weighted by atomic mass is 10.3. The molecular formula is C20H23N5O2. The van der Waals surface area contributed by atoms with E-state index in [-0.39, 0.29) is 6.03 Å². The van der Waals surface area contributed by atoms with E-state index in [0.29, 0.717) is 13.1 Å². The molecule has 0 atom stereocenters. The fourth-order valence-corrected chi connectivity index (χ4v) is 3.30. The molecule has 1 aliphatic heterocycles. The molecule has 0 radical (unpaired) electrons. The van der Waals surface area contributed by atoms with Gasteiger partial charge in [-0.2, -0.15) is 0 Å². The Hall–Kier alpha value is -3.06. The van der Waals surface area contributed by atoms with Crippen LogP contribution in [0.1, 0.15) is 5.82 Å². The van der Waals surface area contributed by atoms with Crippen molar-refractivity contribution < 1.29 is 9.53 Å². The summed E-state index contributed by atoms with van der Waals surface area (Å²) in [6.45, 7) is 3.79. The summed E-state index contributed by atoms with van der Waals surface area (Å²) in [6, 6.07) is 15.4. The van der Waals surface area contributed by atoms with Crippen molar-refractivity contribution in [2.45, 2.75) is 6.54 Å². The highest BCUT2D eigenvalue weighted by molar-refractivity contribution is 5.89. The molecule has 2 heterocycles. The number of methoxy groups -OCH3 is 1. The number of hydrogen-bond donors (Lipinski definition) is 2. The van der Waals surface area contributed by atoms with Crippen LogP contribution in [0.25, 0.3) is 11.0 Å². The minimum Gasteiger partial charge on any atom is -0.497 e. The van der Waals surface area contributed by atoms with E-state index in [1.54, 1.807) is 7.11 Å². The van der Waals surface area contributed by atoms with E-state index >= 15 is 0 Å². The number of rotatable bonds is 4. The Balaban J connectivity index is 1.30. The zero-order valence-electron chi connectivity index (χ0n) is 15.3. The number of ether oxygens (including phenoxy) is 1. The molecule has 140 valence electrons. The SMILES string of the molecule is COc1cccc(NC(=O)N2CCN(Cc3nc4ccccc4[nH]3)CC2)c1. The second kappa shape index (κ2) is 7.67. The number of amides is 2. The highest BCUT2D eigenvalue weighted by Gasteiger charge is 2.22. The normalized spacial score (nSPS) is 15.1. The van der Waals surface area contributed by atoms with Gasteiger partial charge in [0.2, 0.25) is 0 Å². The number of urea groups is 1. The fraction of sp³-hybridized carbons (Fsp3) is 0.300. The Morgan fingerprint density at radius 2 is 1.96 bits per heavy atom. The van der Waals surface area contributed by atoms with Gasteiger partial charge in [0, 0.05) is 37.9 Å². The molecule has 2 amide bonds. The number of benzene rings is 2. The van der Waals surface area contributed by atoms with Crippen LogP contribution < -0.4 is 10.1 Å². The third-order valence-corrected chi connectivity index (χ3v) is 4.79. The molecule has 3 aromatic rings. The predicted molar refractivity (Wildman–Crippen MR) is 105 cm³/mol. The van der Waals surface area contributed by atoms with Crippen molar-refractivity contribution >= 4 is 22.8 Å². The molecule has 7 nitrogen and oxygen atoms in total. The fourth-order valence-electron chi connectivity index (χ4n) is 3.30. The summed E-state index contributed by atoms with van der Waals surface area (Å²) < 4.78 is 5.19. The number of piperazine rings is 1. The van der Waals surface area contributed by atoms with Gasteiger partial charge in [0.1, 0.15) is 11.6 Å². The van der Waals surface area contributed by atoms with Crippen molar-refractivity contribution in [2.24, 2.45) is 0 Å². The minimum absolute atomic E-state index is 0.0772. The van der Waals surface area contributed by atoms with Crippen LogP contribution in [0.4, 0.5) is 10.5 Å². The maximum atomic E-state index is 12.5. The van der Waals surface area contributed by atoms with Crippen LogP contribution in [-0.2, 0) is 6.54 Å². The van der Waals surface area contributed by atoms with E-state index in [2.05, 4.69) is 20.2 Å². The van der Waals surface area contributed by atoms with Gasteiger partial charge in [-0.05, 0) is 24.3 Å². The molecule has 0 aliphatic carbocycles. The number of imidazole rings is 1.